The van der Waals surface area contributed by atoms with Crippen LogP contribution in [0.4, 0.5) is 0 Å². The van der Waals surface area contributed by atoms with Gasteiger partial charge in [-0.3, -0.25) is 9.59 Å². The zero-order valence-corrected chi connectivity index (χ0v) is 12.0. The highest BCUT2D eigenvalue weighted by atomic mass is 32.1. The van der Waals surface area contributed by atoms with Gasteiger partial charge < -0.3 is 10.4 Å². The SMILES string of the molecule is Cc1nc(C)c(CNC(=O)CC2(C(=O)O)CCC2)s1. The zero-order chi connectivity index (χ0) is 14.0. The number of hydrogen-bond acceptors (Lipinski definition) is 4. The van der Waals surface area contributed by atoms with E-state index in [2.05, 4.69) is 10.3 Å². The van der Waals surface area contributed by atoms with Gasteiger partial charge in [0, 0.05) is 11.3 Å². The summed E-state index contributed by atoms with van der Waals surface area (Å²) < 4.78 is 0. The molecule has 5 nitrogen and oxygen atoms in total. The molecule has 1 saturated carbocycles. The molecule has 0 bridgehead atoms. The highest BCUT2D eigenvalue weighted by molar-refractivity contribution is 7.11. The van der Waals surface area contributed by atoms with Gasteiger partial charge in [0.15, 0.2) is 0 Å². The first-order valence-electron chi connectivity index (χ1n) is 6.36. The summed E-state index contributed by atoms with van der Waals surface area (Å²) in [6.45, 7) is 4.28. The summed E-state index contributed by atoms with van der Waals surface area (Å²) in [5.74, 6) is -1.04. The van der Waals surface area contributed by atoms with Crippen LogP contribution in [-0.4, -0.2) is 22.0 Å². The van der Waals surface area contributed by atoms with Gasteiger partial charge in [0.2, 0.25) is 5.91 Å². The predicted molar refractivity (Wildman–Crippen MR) is 72.0 cm³/mol. The lowest BCUT2D eigenvalue weighted by Crippen LogP contribution is -2.42. The molecule has 0 radical (unpaired) electrons. The van der Waals surface area contributed by atoms with Crippen molar-refractivity contribution in [2.75, 3.05) is 0 Å². The van der Waals surface area contributed by atoms with Crippen molar-refractivity contribution >= 4 is 23.2 Å². The van der Waals surface area contributed by atoms with Gasteiger partial charge in [0.05, 0.1) is 22.7 Å². The second-order valence-electron chi connectivity index (χ2n) is 5.13. The molecule has 1 aromatic rings. The number of aromatic nitrogens is 1. The molecule has 0 aliphatic heterocycles. The summed E-state index contributed by atoms with van der Waals surface area (Å²) in [5.41, 5.74) is 0.113. The van der Waals surface area contributed by atoms with E-state index in [4.69, 9.17) is 0 Å². The number of carboxylic acid groups (broad SMARTS) is 1. The Kier molecular flexibility index (Phi) is 3.89. The van der Waals surface area contributed by atoms with Crippen molar-refractivity contribution in [2.45, 2.75) is 46.1 Å². The molecule has 0 unspecified atom stereocenters. The smallest absolute Gasteiger partial charge is 0.310 e. The van der Waals surface area contributed by atoms with E-state index < -0.39 is 11.4 Å². The van der Waals surface area contributed by atoms with Crippen LogP contribution in [0.1, 0.15) is 41.3 Å². The molecule has 1 amide bonds. The maximum absolute atomic E-state index is 11.9. The number of aliphatic carboxylic acids is 1. The largest absolute Gasteiger partial charge is 0.481 e. The van der Waals surface area contributed by atoms with Gasteiger partial charge >= 0.3 is 5.97 Å². The fraction of sp³-hybridized carbons (Fsp3) is 0.615. The van der Waals surface area contributed by atoms with Gasteiger partial charge in [-0.25, -0.2) is 4.98 Å². The van der Waals surface area contributed by atoms with Crippen LogP contribution in [-0.2, 0) is 16.1 Å². The zero-order valence-electron chi connectivity index (χ0n) is 11.2. The molecule has 0 aromatic carbocycles. The lowest BCUT2D eigenvalue weighted by molar-refractivity contribution is -0.157. The van der Waals surface area contributed by atoms with E-state index in [-0.39, 0.29) is 12.3 Å². The van der Waals surface area contributed by atoms with Gasteiger partial charge in [-0.2, -0.15) is 0 Å². The number of carbonyl (C=O) groups is 2. The molecular formula is C13H18N2O3S. The molecule has 19 heavy (non-hydrogen) atoms. The summed E-state index contributed by atoms with van der Waals surface area (Å²) in [4.78, 5) is 28.4. The van der Waals surface area contributed by atoms with Crippen LogP contribution in [0.3, 0.4) is 0 Å². The minimum absolute atomic E-state index is 0.0825. The molecule has 2 rings (SSSR count). The molecule has 1 aliphatic rings. The summed E-state index contributed by atoms with van der Waals surface area (Å²) >= 11 is 1.56. The van der Waals surface area contributed by atoms with E-state index in [1.54, 1.807) is 11.3 Å². The average Bonchev–Trinajstić information content (AvgIpc) is 2.59. The van der Waals surface area contributed by atoms with Gasteiger partial charge in [-0.1, -0.05) is 6.42 Å². The molecule has 2 N–H and O–H groups in total. The van der Waals surface area contributed by atoms with E-state index in [0.717, 1.165) is 22.0 Å². The number of nitrogens with one attached hydrogen (secondary N) is 1. The molecule has 1 heterocycles. The number of rotatable bonds is 5. The van der Waals surface area contributed by atoms with Crippen LogP contribution < -0.4 is 5.32 Å². The Morgan fingerprint density at radius 1 is 1.42 bits per heavy atom. The molecule has 1 aromatic heterocycles. The van der Waals surface area contributed by atoms with E-state index in [1.165, 1.54) is 0 Å². The Morgan fingerprint density at radius 2 is 2.11 bits per heavy atom. The van der Waals surface area contributed by atoms with Crippen LogP contribution in [0.2, 0.25) is 0 Å². The fourth-order valence-electron chi connectivity index (χ4n) is 2.36. The summed E-state index contributed by atoms with van der Waals surface area (Å²) in [7, 11) is 0. The minimum atomic E-state index is -0.848. The Hall–Kier alpha value is -1.43. The first-order chi connectivity index (χ1) is 8.93. The summed E-state index contributed by atoms with van der Waals surface area (Å²) in [6.07, 6.45) is 2.19. The normalized spacial score (nSPS) is 16.7. The Bertz CT molecular complexity index is 506. The van der Waals surface area contributed by atoms with Gasteiger partial charge in [0.1, 0.15) is 0 Å². The van der Waals surface area contributed by atoms with E-state index >= 15 is 0 Å². The molecule has 1 aliphatic carbocycles. The summed E-state index contributed by atoms with van der Waals surface area (Å²) in [6, 6.07) is 0. The Morgan fingerprint density at radius 3 is 2.53 bits per heavy atom. The van der Waals surface area contributed by atoms with Crippen LogP contribution in [0.5, 0.6) is 0 Å². The van der Waals surface area contributed by atoms with Crippen molar-refractivity contribution in [3.63, 3.8) is 0 Å². The lowest BCUT2D eigenvalue weighted by Gasteiger charge is -2.36. The van der Waals surface area contributed by atoms with E-state index in [1.807, 2.05) is 13.8 Å². The number of amides is 1. The van der Waals surface area contributed by atoms with Crippen molar-refractivity contribution in [3.8, 4) is 0 Å². The number of nitrogens with zero attached hydrogens (tertiary/aromatic N) is 1. The van der Waals surface area contributed by atoms with Gasteiger partial charge in [-0.05, 0) is 26.7 Å². The third kappa shape index (κ3) is 2.94. The van der Waals surface area contributed by atoms with E-state index in [9.17, 15) is 14.7 Å². The molecule has 0 saturated heterocycles. The molecule has 1 fully saturated rings. The second-order valence-corrected chi connectivity index (χ2v) is 6.42. The highest BCUT2D eigenvalue weighted by Gasteiger charge is 2.45. The topological polar surface area (TPSA) is 79.3 Å². The van der Waals surface area contributed by atoms with Crippen molar-refractivity contribution in [1.82, 2.24) is 10.3 Å². The number of aryl methyl sites for hydroxylation is 2. The lowest BCUT2D eigenvalue weighted by atomic mass is 9.66. The summed E-state index contributed by atoms with van der Waals surface area (Å²) in [5, 5.41) is 13.0. The Labute approximate surface area is 116 Å². The van der Waals surface area contributed by atoms with Crippen LogP contribution in [0, 0.1) is 19.3 Å². The number of carboxylic acids is 1. The van der Waals surface area contributed by atoms with Crippen LogP contribution >= 0.6 is 11.3 Å². The minimum Gasteiger partial charge on any atom is -0.481 e. The Balaban J connectivity index is 1.88. The predicted octanol–water partition coefficient (Wildman–Crippen LogP) is 2.02. The van der Waals surface area contributed by atoms with Crippen molar-refractivity contribution < 1.29 is 14.7 Å². The number of carbonyl (C=O) groups excluding carboxylic acids is 1. The third-order valence-corrected chi connectivity index (χ3v) is 4.78. The first-order valence-corrected chi connectivity index (χ1v) is 7.18. The van der Waals surface area contributed by atoms with Gasteiger partial charge in [0.25, 0.3) is 0 Å². The monoisotopic (exact) mass is 282 g/mol. The molecule has 6 heteroatoms. The molecule has 104 valence electrons. The second kappa shape index (κ2) is 5.28. The maximum atomic E-state index is 11.9. The van der Waals surface area contributed by atoms with Crippen molar-refractivity contribution in [1.29, 1.82) is 0 Å². The maximum Gasteiger partial charge on any atom is 0.310 e. The van der Waals surface area contributed by atoms with Crippen LogP contribution in [0.25, 0.3) is 0 Å². The molecular weight excluding hydrogens is 264 g/mol. The van der Waals surface area contributed by atoms with Crippen molar-refractivity contribution in [2.24, 2.45) is 5.41 Å². The molecule has 0 atom stereocenters. The third-order valence-electron chi connectivity index (χ3n) is 3.71. The fourth-order valence-corrected chi connectivity index (χ4v) is 3.23. The number of hydrogen-bond donors (Lipinski definition) is 2. The van der Waals surface area contributed by atoms with Gasteiger partial charge in [-0.15, -0.1) is 11.3 Å². The van der Waals surface area contributed by atoms with Crippen molar-refractivity contribution in [3.05, 3.63) is 15.6 Å². The van der Waals surface area contributed by atoms with E-state index in [0.29, 0.717) is 19.4 Å². The van der Waals surface area contributed by atoms with Crippen LogP contribution in [0.15, 0.2) is 0 Å². The average molecular weight is 282 g/mol. The molecule has 0 spiro atoms. The quantitative estimate of drug-likeness (QED) is 0.866. The number of thiazole rings is 1. The highest BCUT2D eigenvalue weighted by Crippen LogP contribution is 2.44. The first kappa shape index (κ1) is 14.0. The standard InChI is InChI=1S/C13H18N2O3S/c1-8-10(19-9(2)15-8)7-14-11(16)6-13(12(17)18)4-3-5-13/h3-7H2,1-2H3,(H,14,16)(H,17,18).